The second-order valence-electron chi connectivity index (χ2n) is 8.51. The Hall–Kier alpha value is -0.610. The van der Waals surface area contributed by atoms with Crippen molar-refractivity contribution in [2.24, 2.45) is 28.6 Å². The van der Waals surface area contributed by atoms with Crippen molar-refractivity contribution in [1.82, 2.24) is 0 Å². The van der Waals surface area contributed by atoms with Crippen LogP contribution in [0, 0.1) is 28.6 Å². The summed E-state index contributed by atoms with van der Waals surface area (Å²) < 4.78 is 11.5. The summed E-state index contributed by atoms with van der Waals surface area (Å²) in [5.41, 5.74) is -1.11. The maximum absolute atomic E-state index is 11.8. The van der Waals surface area contributed by atoms with E-state index >= 15 is 0 Å². The highest BCUT2D eigenvalue weighted by Gasteiger charge is 2.73. The molecule has 1 heterocycles. The molecule has 4 heteroatoms. The van der Waals surface area contributed by atoms with Crippen LogP contribution in [0.2, 0.25) is 0 Å². The maximum Gasteiger partial charge on any atom is 0.302 e. The van der Waals surface area contributed by atoms with Gasteiger partial charge in [0.25, 0.3) is 0 Å². The average Bonchev–Trinajstić information content (AvgIpc) is 2.46. The van der Waals surface area contributed by atoms with Crippen molar-refractivity contribution in [1.29, 1.82) is 0 Å². The Morgan fingerprint density at radius 3 is 2.62 bits per heavy atom. The van der Waals surface area contributed by atoms with Crippen molar-refractivity contribution >= 4 is 5.97 Å². The zero-order valence-electron chi connectivity index (χ0n) is 13.8. The molecule has 120 valence electrons. The minimum atomic E-state index is -0.799. The lowest BCUT2D eigenvalue weighted by atomic mass is 9.55. The van der Waals surface area contributed by atoms with Gasteiger partial charge in [0.05, 0.1) is 18.8 Å². The predicted molar refractivity (Wildman–Crippen MR) is 78.6 cm³/mol. The minimum Gasteiger partial charge on any atom is -0.462 e. The van der Waals surface area contributed by atoms with Gasteiger partial charge < -0.3 is 14.6 Å². The van der Waals surface area contributed by atoms with Gasteiger partial charge in [-0.3, -0.25) is 4.79 Å². The van der Waals surface area contributed by atoms with Crippen molar-refractivity contribution in [2.45, 2.75) is 59.2 Å². The zero-order chi connectivity index (χ0) is 15.6. The van der Waals surface area contributed by atoms with Crippen LogP contribution in [-0.2, 0) is 14.3 Å². The largest absolute Gasteiger partial charge is 0.462 e. The van der Waals surface area contributed by atoms with Crippen LogP contribution in [0.1, 0.15) is 47.5 Å². The van der Waals surface area contributed by atoms with Crippen LogP contribution >= 0.6 is 0 Å². The van der Waals surface area contributed by atoms with E-state index in [4.69, 9.17) is 9.47 Å². The smallest absolute Gasteiger partial charge is 0.302 e. The summed E-state index contributed by atoms with van der Waals surface area (Å²) in [6.45, 7) is 11.4. The molecule has 0 aromatic rings. The normalized spacial score (nSPS) is 51.3. The molecule has 3 fully saturated rings. The minimum absolute atomic E-state index is 0.0102. The second kappa shape index (κ2) is 4.45. The zero-order valence-corrected chi connectivity index (χ0v) is 13.8. The summed E-state index contributed by atoms with van der Waals surface area (Å²) in [6, 6.07) is 0. The Balaban J connectivity index is 2.08. The van der Waals surface area contributed by atoms with E-state index in [1.54, 1.807) is 0 Å². The molecule has 1 saturated heterocycles. The van der Waals surface area contributed by atoms with Crippen LogP contribution in [0.25, 0.3) is 0 Å². The lowest BCUT2D eigenvalue weighted by molar-refractivity contribution is -0.255. The second-order valence-corrected chi connectivity index (χ2v) is 8.51. The molecule has 3 aliphatic rings. The summed E-state index contributed by atoms with van der Waals surface area (Å²) in [7, 11) is 0. The van der Waals surface area contributed by atoms with Gasteiger partial charge >= 0.3 is 5.97 Å². The standard InChI is InChI=1S/C17H28O4/c1-10-6-13(21-11(2)18)14-15(3,4)8-16(5)9-20-7-12(10)17(14,16)19/h10,12-14,19H,6-9H2,1-5H3/t10-,12+,13+,14+,16-,17-/m1/s1. The van der Waals surface area contributed by atoms with E-state index in [2.05, 4.69) is 27.7 Å². The van der Waals surface area contributed by atoms with Crippen molar-refractivity contribution in [3.63, 3.8) is 0 Å². The third kappa shape index (κ3) is 1.91. The van der Waals surface area contributed by atoms with Gasteiger partial charge in [-0.2, -0.15) is 0 Å². The first-order valence-corrected chi connectivity index (χ1v) is 8.09. The molecule has 21 heavy (non-hydrogen) atoms. The lowest BCUT2D eigenvalue weighted by Crippen LogP contribution is -2.66. The number of carbonyl (C=O) groups excluding carboxylic acids is 1. The number of ether oxygens (including phenoxy) is 2. The molecule has 1 aliphatic heterocycles. The Bertz CT molecular complexity index is 460. The number of rotatable bonds is 1. The first kappa shape index (κ1) is 15.3. The van der Waals surface area contributed by atoms with Crippen LogP contribution < -0.4 is 0 Å². The topological polar surface area (TPSA) is 55.8 Å². The first-order valence-electron chi connectivity index (χ1n) is 8.09. The molecular formula is C17H28O4. The van der Waals surface area contributed by atoms with Crippen molar-refractivity contribution < 1.29 is 19.4 Å². The Kier molecular flexibility index (Phi) is 3.24. The molecular weight excluding hydrogens is 268 g/mol. The van der Waals surface area contributed by atoms with Gasteiger partial charge in [-0.1, -0.05) is 27.7 Å². The Labute approximate surface area is 127 Å². The molecule has 0 bridgehead atoms. The highest BCUT2D eigenvalue weighted by molar-refractivity contribution is 5.66. The van der Waals surface area contributed by atoms with Crippen molar-refractivity contribution in [3.05, 3.63) is 0 Å². The summed E-state index contributed by atoms with van der Waals surface area (Å²) in [6.07, 6.45) is 1.54. The van der Waals surface area contributed by atoms with E-state index in [0.717, 1.165) is 12.8 Å². The molecule has 0 aromatic heterocycles. The molecule has 2 aliphatic carbocycles. The quantitative estimate of drug-likeness (QED) is 0.755. The lowest BCUT2D eigenvalue weighted by Gasteiger charge is -2.58. The van der Waals surface area contributed by atoms with Gasteiger partial charge in [0.2, 0.25) is 0 Å². The van der Waals surface area contributed by atoms with E-state index in [0.29, 0.717) is 19.1 Å². The molecule has 2 saturated carbocycles. The van der Waals surface area contributed by atoms with E-state index < -0.39 is 5.60 Å². The van der Waals surface area contributed by atoms with Gasteiger partial charge in [-0.15, -0.1) is 0 Å². The monoisotopic (exact) mass is 296 g/mol. The number of hydrogen-bond acceptors (Lipinski definition) is 4. The van der Waals surface area contributed by atoms with Crippen molar-refractivity contribution in [3.8, 4) is 0 Å². The molecule has 4 nitrogen and oxygen atoms in total. The summed E-state index contributed by atoms with van der Waals surface area (Å²) in [4.78, 5) is 11.5. The van der Waals surface area contributed by atoms with E-state index in [1.165, 1.54) is 6.92 Å². The summed E-state index contributed by atoms with van der Waals surface area (Å²) in [5.74, 6) is 0.175. The maximum atomic E-state index is 11.8. The van der Waals surface area contributed by atoms with Gasteiger partial charge in [-0.05, 0) is 24.2 Å². The molecule has 0 amide bonds. The van der Waals surface area contributed by atoms with Crippen LogP contribution in [0.5, 0.6) is 0 Å². The van der Waals surface area contributed by atoms with E-state index in [-0.39, 0.29) is 34.7 Å². The van der Waals surface area contributed by atoms with Crippen LogP contribution in [0.3, 0.4) is 0 Å². The molecule has 1 N–H and O–H groups in total. The van der Waals surface area contributed by atoms with Crippen molar-refractivity contribution in [2.75, 3.05) is 13.2 Å². The molecule has 0 radical (unpaired) electrons. The van der Waals surface area contributed by atoms with Gasteiger partial charge in [0, 0.05) is 24.2 Å². The molecule has 0 spiro atoms. The average molecular weight is 296 g/mol. The van der Waals surface area contributed by atoms with E-state index in [1.807, 2.05) is 0 Å². The molecule has 0 unspecified atom stereocenters. The van der Waals surface area contributed by atoms with Gasteiger partial charge in [0.15, 0.2) is 0 Å². The fourth-order valence-corrected chi connectivity index (χ4v) is 5.99. The Morgan fingerprint density at radius 1 is 1.33 bits per heavy atom. The number of hydrogen-bond donors (Lipinski definition) is 1. The number of carbonyl (C=O) groups is 1. The number of esters is 1. The van der Waals surface area contributed by atoms with Crippen LogP contribution in [0.15, 0.2) is 0 Å². The fourth-order valence-electron chi connectivity index (χ4n) is 5.99. The Morgan fingerprint density at radius 2 is 2.00 bits per heavy atom. The highest BCUT2D eigenvalue weighted by Crippen LogP contribution is 2.68. The van der Waals surface area contributed by atoms with Crippen LogP contribution in [0.4, 0.5) is 0 Å². The first-order chi connectivity index (χ1) is 9.62. The SMILES string of the molecule is CC(=O)O[C@H]1C[C@@H](C)[C@@H]2COC[C@@]3(C)CC(C)(C)[C@H]1[C@]23O. The van der Waals surface area contributed by atoms with Crippen LogP contribution in [-0.4, -0.2) is 36.0 Å². The van der Waals surface area contributed by atoms with Gasteiger partial charge in [-0.25, -0.2) is 0 Å². The highest BCUT2D eigenvalue weighted by atomic mass is 16.5. The summed E-state index contributed by atoms with van der Waals surface area (Å²) in [5, 5.41) is 11.8. The molecule has 3 rings (SSSR count). The van der Waals surface area contributed by atoms with Gasteiger partial charge in [0.1, 0.15) is 6.10 Å². The predicted octanol–water partition coefficient (Wildman–Crippen LogP) is 2.39. The number of aliphatic hydroxyl groups is 1. The third-order valence-electron chi connectivity index (χ3n) is 6.39. The third-order valence-corrected chi connectivity index (χ3v) is 6.39. The fraction of sp³-hybridized carbons (Fsp3) is 0.941. The summed E-state index contributed by atoms with van der Waals surface area (Å²) >= 11 is 0. The van der Waals surface area contributed by atoms with E-state index in [9.17, 15) is 9.90 Å². The molecule has 0 aromatic carbocycles. The molecule has 6 atom stereocenters.